The van der Waals surface area contributed by atoms with Gasteiger partial charge >= 0.3 is 0 Å². The van der Waals surface area contributed by atoms with Crippen LogP contribution in [0.3, 0.4) is 0 Å². The Hall–Kier alpha value is -0.140. The maximum Gasteiger partial charge on any atom is 0.254 e. The van der Waals surface area contributed by atoms with E-state index in [1.807, 2.05) is 25.2 Å². The van der Waals surface area contributed by atoms with Gasteiger partial charge < -0.3 is 10.6 Å². The first-order valence-corrected chi connectivity index (χ1v) is 8.16. The molecule has 0 radical (unpaired) electrons. The van der Waals surface area contributed by atoms with E-state index in [1.54, 1.807) is 4.90 Å². The van der Waals surface area contributed by atoms with Crippen molar-refractivity contribution in [3.8, 4) is 0 Å². The van der Waals surface area contributed by atoms with Crippen LogP contribution in [-0.4, -0.2) is 30.4 Å². The van der Waals surface area contributed by atoms with Gasteiger partial charge in [0.05, 0.1) is 5.56 Å². The standard InChI is InChI=1S/C14H20BrIN2O/c1-9(2)13(17)6-7-18(3)14(19)11-8-10(15)4-5-12(11)16/h4-5,8-9,13H,6-7,17H2,1-3H3. The molecule has 0 bridgehead atoms. The van der Waals surface area contributed by atoms with Crippen LogP contribution in [0.25, 0.3) is 0 Å². The first kappa shape index (κ1) is 16.9. The summed E-state index contributed by atoms with van der Waals surface area (Å²) in [4.78, 5) is 14.1. The van der Waals surface area contributed by atoms with E-state index in [4.69, 9.17) is 5.73 Å². The third-order valence-corrected chi connectivity index (χ3v) is 4.59. The highest BCUT2D eigenvalue weighted by atomic mass is 127. The summed E-state index contributed by atoms with van der Waals surface area (Å²) in [6.45, 7) is 4.88. The molecular formula is C14H20BrIN2O. The van der Waals surface area contributed by atoms with Gasteiger partial charge in [0.1, 0.15) is 0 Å². The third-order valence-electron chi connectivity index (χ3n) is 3.16. The lowest BCUT2D eigenvalue weighted by molar-refractivity contribution is 0.0788. The van der Waals surface area contributed by atoms with Crippen molar-refractivity contribution in [2.45, 2.75) is 26.3 Å². The van der Waals surface area contributed by atoms with Crippen LogP contribution < -0.4 is 5.73 Å². The Balaban J connectivity index is 2.69. The van der Waals surface area contributed by atoms with E-state index in [9.17, 15) is 4.79 Å². The number of hydrogen-bond donors (Lipinski definition) is 1. The second-order valence-corrected chi connectivity index (χ2v) is 7.13. The summed E-state index contributed by atoms with van der Waals surface area (Å²) in [7, 11) is 1.83. The number of amides is 1. The first-order chi connectivity index (χ1) is 8.82. The van der Waals surface area contributed by atoms with E-state index in [0.717, 1.165) is 20.0 Å². The van der Waals surface area contributed by atoms with Crippen molar-refractivity contribution < 1.29 is 4.79 Å². The van der Waals surface area contributed by atoms with Crippen LogP contribution in [0.1, 0.15) is 30.6 Å². The Morgan fingerprint density at radius 2 is 2.11 bits per heavy atom. The van der Waals surface area contributed by atoms with Crippen LogP contribution in [0.15, 0.2) is 22.7 Å². The highest BCUT2D eigenvalue weighted by molar-refractivity contribution is 14.1. The van der Waals surface area contributed by atoms with Crippen molar-refractivity contribution in [3.63, 3.8) is 0 Å². The molecule has 106 valence electrons. The van der Waals surface area contributed by atoms with Gasteiger partial charge in [0.15, 0.2) is 0 Å². The van der Waals surface area contributed by atoms with Gasteiger partial charge in [-0.25, -0.2) is 0 Å². The van der Waals surface area contributed by atoms with Crippen LogP contribution in [0.5, 0.6) is 0 Å². The molecule has 1 atom stereocenters. The topological polar surface area (TPSA) is 46.3 Å². The van der Waals surface area contributed by atoms with E-state index in [0.29, 0.717) is 12.5 Å². The summed E-state index contributed by atoms with van der Waals surface area (Å²) < 4.78 is 1.88. The number of rotatable bonds is 5. The Bertz CT molecular complexity index is 451. The van der Waals surface area contributed by atoms with Crippen LogP contribution >= 0.6 is 38.5 Å². The Morgan fingerprint density at radius 3 is 2.68 bits per heavy atom. The van der Waals surface area contributed by atoms with Crippen molar-refractivity contribution in [1.29, 1.82) is 0 Å². The van der Waals surface area contributed by atoms with Gasteiger partial charge in [0, 0.05) is 27.7 Å². The minimum atomic E-state index is 0.0432. The molecule has 0 fully saturated rings. The highest BCUT2D eigenvalue weighted by Crippen LogP contribution is 2.20. The molecule has 1 rings (SSSR count). The zero-order valence-corrected chi connectivity index (χ0v) is 15.2. The zero-order valence-electron chi connectivity index (χ0n) is 11.5. The van der Waals surface area contributed by atoms with Gasteiger partial charge in [-0.3, -0.25) is 4.79 Å². The van der Waals surface area contributed by atoms with Crippen LogP contribution in [0.2, 0.25) is 0 Å². The molecule has 0 saturated carbocycles. The molecule has 0 spiro atoms. The lowest BCUT2D eigenvalue weighted by Gasteiger charge is -2.22. The van der Waals surface area contributed by atoms with Gasteiger partial charge in [-0.15, -0.1) is 0 Å². The Labute approximate surface area is 137 Å². The van der Waals surface area contributed by atoms with E-state index in [1.165, 1.54) is 0 Å². The lowest BCUT2D eigenvalue weighted by Crippen LogP contribution is -2.34. The first-order valence-electron chi connectivity index (χ1n) is 6.29. The SMILES string of the molecule is CC(C)C(N)CCN(C)C(=O)c1cc(Br)ccc1I. The van der Waals surface area contributed by atoms with Gasteiger partial charge in [-0.05, 0) is 53.1 Å². The van der Waals surface area contributed by atoms with Gasteiger partial charge in [-0.2, -0.15) is 0 Å². The number of carbonyl (C=O) groups is 1. The summed E-state index contributed by atoms with van der Waals surface area (Å²) in [5, 5.41) is 0. The second-order valence-electron chi connectivity index (χ2n) is 5.05. The molecule has 1 aromatic rings. The maximum absolute atomic E-state index is 12.4. The van der Waals surface area contributed by atoms with Gasteiger partial charge in [-0.1, -0.05) is 29.8 Å². The average Bonchev–Trinajstić information content (AvgIpc) is 2.37. The lowest BCUT2D eigenvalue weighted by atomic mass is 10.0. The fourth-order valence-electron chi connectivity index (χ4n) is 1.64. The van der Waals surface area contributed by atoms with Crippen LogP contribution in [0.4, 0.5) is 0 Å². The van der Waals surface area contributed by atoms with E-state index in [-0.39, 0.29) is 11.9 Å². The maximum atomic E-state index is 12.4. The number of nitrogens with zero attached hydrogens (tertiary/aromatic N) is 1. The predicted molar refractivity (Wildman–Crippen MR) is 91.2 cm³/mol. The predicted octanol–water partition coefficient (Wildman–Crippen LogP) is 3.50. The summed E-state index contributed by atoms with van der Waals surface area (Å²) in [5.74, 6) is 0.483. The summed E-state index contributed by atoms with van der Waals surface area (Å²) >= 11 is 5.59. The molecule has 0 aromatic heterocycles. The molecule has 0 aliphatic carbocycles. The largest absolute Gasteiger partial charge is 0.342 e. The molecule has 0 saturated heterocycles. The molecule has 1 amide bonds. The molecule has 3 nitrogen and oxygen atoms in total. The average molecular weight is 439 g/mol. The number of benzene rings is 1. The molecule has 0 aliphatic rings. The number of nitrogens with two attached hydrogens (primary N) is 1. The summed E-state index contributed by atoms with van der Waals surface area (Å²) in [5.41, 5.74) is 6.74. The monoisotopic (exact) mass is 438 g/mol. The molecule has 2 N–H and O–H groups in total. The van der Waals surface area contributed by atoms with Gasteiger partial charge in [0.2, 0.25) is 0 Å². The molecule has 1 aromatic carbocycles. The molecule has 5 heteroatoms. The Kier molecular flexibility index (Phi) is 6.76. The van der Waals surface area contributed by atoms with Crippen molar-refractivity contribution in [3.05, 3.63) is 31.8 Å². The van der Waals surface area contributed by atoms with E-state index < -0.39 is 0 Å². The molecule has 19 heavy (non-hydrogen) atoms. The molecule has 0 heterocycles. The van der Waals surface area contributed by atoms with Crippen LogP contribution in [-0.2, 0) is 0 Å². The van der Waals surface area contributed by atoms with Crippen molar-refractivity contribution in [2.75, 3.05) is 13.6 Å². The minimum Gasteiger partial charge on any atom is -0.342 e. The van der Waals surface area contributed by atoms with E-state index in [2.05, 4.69) is 52.4 Å². The summed E-state index contributed by atoms with van der Waals surface area (Å²) in [6.07, 6.45) is 0.824. The van der Waals surface area contributed by atoms with Crippen molar-refractivity contribution in [2.24, 2.45) is 11.7 Å². The van der Waals surface area contributed by atoms with Crippen LogP contribution in [0, 0.1) is 9.49 Å². The fourth-order valence-corrected chi connectivity index (χ4v) is 2.57. The fraction of sp³-hybridized carbons (Fsp3) is 0.500. The zero-order chi connectivity index (χ0) is 14.6. The normalized spacial score (nSPS) is 12.6. The quantitative estimate of drug-likeness (QED) is 0.715. The molecule has 1 unspecified atom stereocenters. The van der Waals surface area contributed by atoms with Crippen molar-refractivity contribution >= 4 is 44.4 Å². The molecule has 0 aliphatic heterocycles. The summed E-state index contributed by atoms with van der Waals surface area (Å²) in [6, 6.07) is 5.87. The van der Waals surface area contributed by atoms with Gasteiger partial charge in [0.25, 0.3) is 5.91 Å². The Morgan fingerprint density at radius 1 is 1.47 bits per heavy atom. The highest BCUT2D eigenvalue weighted by Gasteiger charge is 2.16. The second kappa shape index (κ2) is 7.59. The smallest absolute Gasteiger partial charge is 0.254 e. The molecular weight excluding hydrogens is 419 g/mol. The van der Waals surface area contributed by atoms with Crippen molar-refractivity contribution in [1.82, 2.24) is 4.90 Å². The number of hydrogen-bond acceptors (Lipinski definition) is 2. The minimum absolute atomic E-state index is 0.0432. The third kappa shape index (κ3) is 5.04. The van der Waals surface area contributed by atoms with E-state index >= 15 is 0 Å². The number of carbonyl (C=O) groups excluding carboxylic acids is 1. The number of halogens is 2.